The zero-order chi connectivity index (χ0) is 20.4. The smallest absolute Gasteiger partial charge is 0.394 e. The number of carbonyl (C=O) groups is 1. The standard InChI is InChI=1S/C15H16ClF3N6OS/c1-6(22-11-10(20)13(27-2)25-14(21)24-11)12(26)23-9-5-7(15(17,18)19)3-4-8(9)16/h3-6H,20H2,1-2H3,(H,23,26)(H3,21,22,24,25)/t6-/m0/s1. The number of thioether (sulfide) groups is 1. The monoisotopic (exact) mass is 420 g/mol. The summed E-state index contributed by atoms with van der Waals surface area (Å²) in [5.41, 5.74) is 10.6. The molecule has 1 aromatic carbocycles. The predicted octanol–water partition coefficient (Wildman–Crippen LogP) is 3.47. The van der Waals surface area contributed by atoms with Crippen molar-refractivity contribution >= 4 is 52.4 Å². The summed E-state index contributed by atoms with van der Waals surface area (Å²) in [4.78, 5) is 20.2. The third-order valence-corrected chi connectivity index (χ3v) is 4.45. The van der Waals surface area contributed by atoms with Gasteiger partial charge >= 0.3 is 6.18 Å². The lowest BCUT2D eigenvalue weighted by Gasteiger charge is -2.18. The summed E-state index contributed by atoms with van der Waals surface area (Å²) in [5.74, 6) is -0.535. The summed E-state index contributed by atoms with van der Waals surface area (Å²) < 4.78 is 38.5. The van der Waals surface area contributed by atoms with Crippen LogP contribution >= 0.6 is 23.4 Å². The van der Waals surface area contributed by atoms with Gasteiger partial charge in [-0.05, 0) is 31.4 Å². The van der Waals surface area contributed by atoms with E-state index in [0.29, 0.717) is 5.03 Å². The number of halogens is 4. The number of anilines is 4. The molecule has 0 aliphatic carbocycles. The highest BCUT2D eigenvalue weighted by Gasteiger charge is 2.31. The molecule has 1 atom stereocenters. The van der Waals surface area contributed by atoms with E-state index in [1.807, 2.05) is 0 Å². The van der Waals surface area contributed by atoms with Gasteiger partial charge in [-0.1, -0.05) is 11.6 Å². The molecule has 12 heteroatoms. The molecule has 2 rings (SSSR count). The molecule has 0 spiro atoms. The summed E-state index contributed by atoms with van der Waals surface area (Å²) in [6, 6.07) is 1.75. The second kappa shape index (κ2) is 8.09. The van der Waals surface area contributed by atoms with E-state index in [1.165, 1.54) is 18.7 Å². The highest BCUT2D eigenvalue weighted by Crippen LogP contribution is 2.34. The Morgan fingerprint density at radius 3 is 2.56 bits per heavy atom. The number of hydrogen-bond acceptors (Lipinski definition) is 7. The number of nitrogens with one attached hydrogen (secondary N) is 2. The molecular weight excluding hydrogens is 405 g/mol. The quantitative estimate of drug-likeness (QED) is 0.432. The lowest BCUT2D eigenvalue weighted by atomic mass is 10.2. The molecule has 27 heavy (non-hydrogen) atoms. The van der Waals surface area contributed by atoms with Crippen molar-refractivity contribution in [1.82, 2.24) is 9.97 Å². The largest absolute Gasteiger partial charge is 0.416 e. The van der Waals surface area contributed by atoms with Crippen LogP contribution in [0.15, 0.2) is 23.2 Å². The molecule has 2 aromatic rings. The third-order valence-electron chi connectivity index (χ3n) is 3.42. The first-order chi connectivity index (χ1) is 12.5. The molecule has 0 bridgehead atoms. The number of amides is 1. The maximum Gasteiger partial charge on any atom is 0.416 e. The SMILES string of the molecule is CSc1nc(N)nc(N[C@@H](C)C(=O)Nc2cc(C(F)(F)F)ccc2Cl)c1N. The Morgan fingerprint density at radius 2 is 1.96 bits per heavy atom. The van der Waals surface area contributed by atoms with Crippen molar-refractivity contribution < 1.29 is 18.0 Å². The molecule has 6 N–H and O–H groups in total. The zero-order valence-electron chi connectivity index (χ0n) is 14.2. The van der Waals surface area contributed by atoms with Gasteiger partial charge in [0.15, 0.2) is 5.82 Å². The number of carbonyl (C=O) groups excluding carboxylic acids is 1. The Labute approximate surface area is 162 Å². The Morgan fingerprint density at radius 1 is 1.30 bits per heavy atom. The van der Waals surface area contributed by atoms with Crippen molar-refractivity contribution in [3.63, 3.8) is 0 Å². The number of benzene rings is 1. The minimum atomic E-state index is -4.56. The van der Waals surface area contributed by atoms with Gasteiger partial charge in [0.1, 0.15) is 16.8 Å². The maximum atomic E-state index is 12.8. The lowest BCUT2D eigenvalue weighted by molar-refractivity contribution is -0.137. The van der Waals surface area contributed by atoms with Crippen molar-refractivity contribution in [2.24, 2.45) is 0 Å². The highest BCUT2D eigenvalue weighted by atomic mass is 35.5. The van der Waals surface area contributed by atoms with Crippen molar-refractivity contribution in [2.45, 2.75) is 24.2 Å². The maximum absolute atomic E-state index is 12.8. The fourth-order valence-corrected chi connectivity index (χ4v) is 2.71. The second-order valence-electron chi connectivity index (χ2n) is 5.40. The van der Waals surface area contributed by atoms with Crippen molar-refractivity contribution in [2.75, 3.05) is 28.4 Å². The Kier molecular flexibility index (Phi) is 6.26. The summed E-state index contributed by atoms with van der Waals surface area (Å²) in [6.07, 6.45) is -2.82. The Hall–Kier alpha value is -2.40. The van der Waals surface area contributed by atoms with Crippen LogP contribution in [0.5, 0.6) is 0 Å². The van der Waals surface area contributed by atoms with Crippen LogP contribution in [-0.4, -0.2) is 28.2 Å². The number of aromatic nitrogens is 2. The van der Waals surface area contributed by atoms with Gasteiger partial charge in [-0.15, -0.1) is 11.8 Å². The van der Waals surface area contributed by atoms with Crippen LogP contribution in [0.4, 0.5) is 36.3 Å². The Bertz CT molecular complexity index is 864. The molecule has 1 amide bonds. The van der Waals surface area contributed by atoms with Gasteiger partial charge in [-0.3, -0.25) is 4.79 Å². The fraction of sp³-hybridized carbons (Fsp3) is 0.267. The molecule has 0 saturated carbocycles. The van der Waals surface area contributed by atoms with Crippen LogP contribution in [0.1, 0.15) is 12.5 Å². The first kappa shape index (κ1) is 20.9. The number of nitrogens with two attached hydrogens (primary N) is 2. The van der Waals surface area contributed by atoms with Crippen LogP contribution in [0.3, 0.4) is 0 Å². The first-order valence-electron chi connectivity index (χ1n) is 7.44. The summed E-state index contributed by atoms with van der Waals surface area (Å²) in [7, 11) is 0. The average molecular weight is 421 g/mol. The molecule has 1 heterocycles. The summed E-state index contributed by atoms with van der Waals surface area (Å²) in [5, 5.41) is 5.52. The van der Waals surface area contributed by atoms with Crippen molar-refractivity contribution in [3.8, 4) is 0 Å². The second-order valence-corrected chi connectivity index (χ2v) is 6.60. The number of nitrogen functional groups attached to an aromatic ring is 2. The molecule has 146 valence electrons. The van der Waals surface area contributed by atoms with E-state index in [9.17, 15) is 18.0 Å². The molecule has 7 nitrogen and oxygen atoms in total. The van der Waals surface area contributed by atoms with Crippen molar-refractivity contribution in [1.29, 1.82) is 0 Å². The molecule has 0 fully saturated rings. The highest BCUT2D eigenvalue weighted by molar-refractivity contribution is 7.98. The van der Waals surface area contributed by atoms with E-state index in [1.54, 1.807) is 6.26 Å². The molecular formula is C15H16ClF3N6OS. The Balaban J connectivity index is 2.19. The summed E-state index contributed by atoms with van der Waals surface area (Å²) >= 11 is 7.13. The van der Waals surface area contributed by atoms with Gasteiger partial charge in [-0.2, -0.15) is 18.2 Å². The van der Waals surface area contributed by atoms with Gasteiger partial charge in [0.05, 0.1) is 16.3 Å². The third kappa shape index (κ3) is 5.07. The molecule has 0 aliphatic rings. The van der Waals surface area contributed by atoms with Crippen LogP contribution in [0.25, 0.3) is 0 Å². The molecule has 0 unspecified atom stereocenters. The number of hydrogen-bond donors (Lipinski definition) is 4. The normalized spacial score (nSPS) is 12.5. The van der Waals surface area contributed by atoms with Crippen molar-refractivity contribution in [3.05, 3.63) is 28.8 Å². The number of rotatable bonds is 5. The molecule has 0 radical (unpaired) electrons. The lowest BCUT2D eigenvalue weighted by Crippen LogP contribution is -2.33. The van der Waals surface area contributed by atoms with Crippen LogP contribution in [0, 0.1) is 0 Å². The van der Waals surface area contributed by atoms with E-state index in [4.69, 9.17) is 23.1 Å². The van der Waals surface area contributed by atoms with Crippen LogP contribution in [0.2, 0.25) is 5.02 Å². The van der Waals surface area contributed by atoms with E-state index in [2.05, 4.69) is 20.6 Å². The van der Waals surface area contributed by atoms with E-state index in [0.717, 1.165) is 18.2 Å². The van der Waals surface area contributed by atoms with E-state index >= 15 is 0 Å². The summed E-state index contributed by atoms with van der Waals surface area (Å²) in [6.45, 7) is 1.48. The van der Waals surface area contributed by atoms with Gasteiger partial charge < -0.3 is 22.1 Å². The zero-order valence-corrected chi connectivity index (χ0v) is 15.8. The van der Waals surface area contributed by atoms with Gasteiger partial charge in [0.25, 0.3) is 0 Å². The minimum absolute atomic E-state index is 0.0287. The van der Waals surface area contributed by atoms with Gasteiger partial charge in [-0.25, -0.2) is 4.98 Å². The predicted molar refractivity (Wildman–Crippen MR) is 101 cm³/mol. The van der Waals surface area contributed by atoms with E-state index < -0.39 is 23.7 Å². The molecule has 0 aliphatic heterocycles. The molecule has 1 aromatic heterocycles. The van der Waals surface area contributed by atoms with E-state index in [-0.39, 0.29) is 28.2 Å². The average Bonchev–Trinajstić information content (AvgIpc) is 2.58. The topological polar surface area (TPSA) is 119 Å². The first-order valence-corrected chi connectivity index (χ1v) is 9.04. The van der Waals surface area contributed by atoms with Crippen LogP contribution in [-0.2, 0) is 11.0 Å². The minimum Gasteiger partial charge on any atom is -0.394 e. The van der Waals surface area contributed by atoms with Gasteiger partial charge in [0.2, 0.25) is 11.9 Å². The number of nitrogens with zero attached hydrogens (tertiary/aromatic N) is 2. The van der Waals surface area contributed by atoms with Gasteiger partial charge in [0, 0.05) is 0 Å². The number of alkyl halides is 3. The fourth-order valence-electron chi connectivity index (χ4n) is 2.04. The van der Waals surface area contributed by atoms with Crippen LogP contribution < -0.4 is 22.1 Å². The molecule has 0 saturated heterocycles.